The number of nitrogens with zero attached hydrogens (tertiary/aromatic N) is 2. The topological polar surface area (TPSA) is 29.9 Å². The molecule has 3 heteroatoms. The summed E-state index contributed by atoms with van der Waals surface area (Å²) >= 11 is 0. The van der Waals surface area contributed by atoms with Crippen molar-refractivity contribution in [2.24, 2.45) is 18.9 Å². The highest BCUT2D eigenvalue weighted by Crippen LogP contribution is 2.32. The van der Waals surface area contributed by atoms with Crippen molar-refractivity contribution in [3.05, 3.63) is 17.0 Å². The standard InChI is InChI=1S/C17H31N3/c1-12-6-8-15(9-7-12)17(18-4)11-10-16-13(2)19-20(5)14(16)3/h12,15,17-18H,6-11H2,1-5H3. The summed E-state index contributed by atoms with van der Waals surface area (Å²) in [5.74, 6) is 1.81. The Bertz CT molecular complexity index is 428. The highest BCUT2D eigenvalue weighted by molar-refractivity contribution is 5.24. The van der Waals surface area contributed by atoms with Gasteiger partial charge in [-0.25, -0.2) is 0 Å². The second-order valence-electron chi connectivity index (χ2n) is 6.73. The van der Waals surface area contributed by atoms with Crippen LogP contribution in [-0.4, -0.2) is 22.9 Å². The zero-order valence-corrected chi connectivity index (χ0v) is 13.9. The van der Waals surface area contributed by atoms with Crippen molar-refractivity contribution in [1.29, 1.82) is 0 Å². The summed E-state index contributed by atoms with van der Waals surface area (Å²) in [5.41, 5.74) is 3.99. The van der Waals surface area contributed by atoms with Crippen LogP contribution in [0.3, 0.4) is 0 Å². The van der Waals surface area contributed by atoms with Crippen molar-refractivity contribution in [3.63, 3.8) is 0 Å². The Morgan fingerprint density at radius 1 is 1.25 bits per heavy atom. The zero-order valence-electron chi connectivity index (χ0n) is 13.9. The lowest BCUT2D eigenvalue weighted by Gasteiger charge is -2.32. The number of aromatic nitrogens is 2. The Hall–Kier alpha value is -0.830. The van der Waals surface area contributed by atoms with E-state index in [1.54, 1.807) is 0 Å². The molecule has 0 radical (unpaired) electrons. The average molecular weight is 277 g/mol. The van der Waals surface area contributed by atoms with Gasteiger partial charge in [0.25, 0.3) is 0 Å². The molecule has 0 aliphatic heterocycles. The van der Waals surface area contributed by atoms with Crippen LogP contribution in [0.1, 0.15) is 56.0 Å². The third-order valence-corrected chi connectivity index (χ3v) is 5.36. The molecule has 20 heavy (non-hydrogen) atoms. The molecule has 0 aromatic carbocycles. The van der Waals surface area contributed by atoms with Crippen LogP contribution < -0.4 is 5.32 Å². The molecule has 2 rings (SSSR count). The van der Waals surface area contributed by atoms with Crippen molar-refractivity contribution >= 4 is 0 Å². The molecular formula is C17H31N3. The predicted octanol–water partition coefficient (Wildman–Crippen LogP) is 3.38. The fraction of sp³-hybridized carbons (Fsp3) is 0.824. The third-order valence-electron chi connectivity index (χ3n) is 5.36. The summed E-state index contributed by atoms with van der Waals surface area (Å²) in [6, 6.07) is 0.668. The minimum Gasteiger partial charge on any atom is -0.317 e. The Labute approximate surface area is 124 Å². The quantitative estimate of drug-likeness (QED) is 0.894. The van der Waals surface area contributed by atoms with Crippen molar-refractivity contribution in [3.8, 4) is 0 Å². The van der Waals surface area contributed by atoms with E-state index < -0.39 is 0 Å². The van der Waals surface area contributed by atoms with Crippen molar-refractivity contribution in [2.75, 3.05) is 7.05 Å². The second-order valence-corrected chi connectivity index (χ2v) is 6.73. The van der Waals surface area contributed by atoms with Gasteiger partial charge < -0.3 is 5.32 Å². The Morgan fingerprint density at radius 3 is 2.40 bits per heavy atom. The molecule has 1 N–H and O–H groups in total. The summed E-state index contributed by atoms with van der Waals surface area (Å²) in [6.45, 7) is 6.72. The van der Waals surface area contributed by atoms with Crippen molar-refractivity contribution < 1.29 is 0 Å². The summed E-state index contributed by atoms with van der Waals surface area (Å²) in [7, 11) is 4.18. The van der Waals surface area contributed by atoms with Crippen LogP contribution in [0.2, 0.25) is 0 Å². The summed E-state index contributed by atoms with van der Waals surface area (Å²) < 4.78 is 2.02. The number of hydrogen-bond donors (Lipinski definition) is 1. The van der Waals surface area contributed by atoms with Crippen molar-refractivity contribution in [1.82, 2.24) is 15.1 Å². The first-order chi connectivity index (χ1) is 9.52. The van der Waals surface area contributed by atoms with Gasteiger partial charge in [0, 0.05) is 18.8 Å². The molecule has 1 aromatic heterocycles. The van der Waals surface area contributed by atoms with Gasteiger partial charge in [0.15, 0.2) is 0 Å². The van der Waals surface area contributed by atoms with E-state index in [2.05, 4.69) is 38.2 Å². The maximum absolute atomic E-state index is 4.53. The van der Waals surface area contributed by atoms with E-state index >= 15 is 0 Å². The molecule has 0 saturated heterocycles. The third kappa shape index (κ3) is 3.43. The molecule has 1 aliphatic carbocycles. The maximum Gasteiger partial charge on any atom is 0.0628 e. The summed E-state index contributed by atoms with van der Waals surface area (Å²) in [5, 5.41) is 8.11. The van der Waals surface area contributed by atoms with Gasteiger partial charge in [0.2, 0.25) is 0 Å². The van der Waals surface area contributed by atoms with E-state index in [0.29, 0.717) is 6.04 Å². The largest absolute Gasteiger partial charge is 0.317 e. The minimum atomic E-state index is 0.668. The molecular weight excluding hydrogens is 246 g/mol. The van der Waals surface area contributed by atoms with Gasteiger partial charge in [-0.2, -0.15) is 5.10 Å². The van der Waals surface area contributed by atoms with E-state index in [-0.39, 0.29) is 0 Å². The Morgan fingerprint density at radius 2 is 1.90 bits per heavy atom. The molecule has 0 amide bonds. The van der Waals surface area contributed by atoms with E-state index in [4.69, 9.17) is 0 Å². The second kappa shape index (κ2) is 6.75. The molecule has 1 atom stereocenters. The minimum absolute atomic E-state index is 0.668. The first-order valence-electron chi connectivity index (χ1n) is 8.19. The highest BCUT2D eigenvalue weighted by Gasteiger charge is 2.25. The first-order valence-corrected chi connectivity index (χ1v) is 8.19. The highest BCUT2D eigenvalue weighted by atomic mass is 15.3. The molecule has 1 heterocycles. The Balaban J connectivity index is 1.93. The lowest BCUT2D eigenvalue weighted by atomic mass is 9.78. The number of nitrogens with one attached hydrogen (secondary N) is 1. The lowest BCUT2D eigenvalue weighted by molar-refractivity contribution is 0.229. The van der Waals surface area contributed by atoms with Crippen LogP contribution in [-0.2, 0) is 13.5 Å². The lowest BCUT2D eigenvalue weighted by Crippen LogP contribution is -2.36. The molecule has 1 unspecified atom stereocenters. The molecule has 1 aliphatic rings. The number of aryl methyl sites for hydroxylation is 2. The molecule has 1 saturated carbocycles. The number of rotatable bonds is 5. The van der Waals surface area contributed by atoms with Gasteiger partial charge in [0.05, 0.1) is 5.69 Å². The van der Waals surface area contributed by atoms with Crippen LogP contribution in [0, 0.1) is 25.7 Å². The van der Waals surface area contributed by atoms with Crippen LogP contribution in [0.4, 0.5) is 0 Å². The van der Waals surface area contributed by atoms with Crippen LogP contribution in [0.5, 0.6) is 0 Å². The fourth-order valence-electron chi connectivity index (χ4n) is 3.78. The molecule has 0 spiro atoms. The van der Waals surface area contributed by atoms with Gasteiger partial charge in [0.1, 0.15) is 0 Å². The van der Waals surface area contributed by atoms with Gasteiger partial charge in [-0.05, 0) is 64.0 Å². The van der Waals surface area contributed by atoms with Crippen molar-refractivity contribution in [2.45, 2.75) is 65.3 Å². The van der Waals surface area contributed by atoms with E-state index in [0.717, 1.165) is 18.3 Å². The van der Waals surface area contributed by atoms with Gasteiger partial charge in [-0.3, -0.25) is 4.68 Å². The first kappa shape index (κ1) is 15.6. The maximum atomic E-state index is 4.53. The predicted molar refractivity (Wildman–Crippen MR) is 85.0 cm³/mol. The van der Waals surface area contributed by atoms with Crippen LogP contribution in [0.25, 0.3) is 0 Å². The summed E-state index contributed by atoms with van der Waals surface area (Å²) in [6.07, 6.45) is 8.02. The zero-order chi connectivity index (χ0) is 14.7. The molecule has 1 fully saturated rings. The van der Waals surface area contributed by atoms with E-state index in [1.165, 1.54) is 49.1 Å². The molecule has 0 bridgehead atoms. The SMILES string of the molecule is CNC(CCc1c(C)nn(C)c1C)C1CCC(C)CC1. The van der Waals surface area contributed by atoms with Gasteiger partial charge in [-0.1, -0.05) is 19.8 Å². The average Bonchev–Trinajstić information content (AvgIpc) is 2.67. The number of hydrogen-bond acceptors (Lipinski definition) is 2. The van der Waals surface area contributed by atoms with E-state index in [1.807, 2.05) is 11.7 Å². The van der Waals surface area contributed by atoms with Gasteiger partial charge >= 0.3 is 0 Å². The fourth-order valence-corrected chi connectivity index (χ4v) is 3.78. The van der Waals surface area contributed by atoms with Gasteiger partial charge in [-0.15, -0.1) is 0 Å². The van der Waals surface area contributed by atoms with Crippen LogP contribution >= 0.6 is 0 Å². The normalized spacial score (nSPS) is 24.9. The molecule has 114 valence electrons. The molecule has 1 aromatic rings. The van der Waals surface area contributed by atoms with E-state index in [9.17, 15) is 0 Å². The monoisotopic (exact) mass is 277 g/mol. The smallest absolute Gasteiger partial charge is 0.0628 e. The summed E-state index contributed by atoms with van der Waals surface area (Å²) in [4.78, 5) is 0. The molecule has 3 nitrogen and oxygen atoms in total. The van der Waals surface area contributed by atoms with Crippen LogP contribution in [0.15, 0.2) is 0 Å². The Kier molecular flexibility index (Phi) is 5.25.